The number of benzene rings is 2. The van der Waals surface area contributed by atoms with Crippen LogP contribution in [0.5, 0.6) is 5.75 Å². The third kappa shape index (κ3) is 3.86. The number of carbonyl (C=O) groups is 2. The Morgan fingerprint density at radius 3 is 2.64 bits per heavy atom. The van der Waals surface area contributed by atoms with Gasteiger partial charge < -0.3 is 19.2 Å². The lowest BCUT2D eigenvalue weighted by Gasteiger charge is -2.12. The molecule has 0 aliphatic carbocycles. The number of ether oxygens (including phenoxy) is 2. The van der Waals surface area contributed by atoms with Crippen LogP contribution >= 0.6 is 0 Å². The molecule has 28 heavy (non-hydrogen) atoms. The van der Waals surface area contributed by atoms with Crippen LogP contribution in [0.25, 0.3) is 11.0 Å². The van der Waals surface area contributed by atoms with Crippen LogP contribution in [0.3, 0.4) is 0 Å². The highest BCUT2D eigenvalue weighted by Crippen LogP contribution is 2.29. The number of methoxy groups -OCH3 is 1. The van der Waals surface area contributed by atoms with Gasteiger partial charge in [-0.3, -0.25) is 4.79 Å². The number of para-hydroxylation sites is 1. The lowest BCUT2D eigenvalue weighted by Crippen LogP contribution is -2.22. The van der Waals surface area contributed by atoms with Crippen LogP contribution in [-0.2, 0) is 16.0 Å². The molecular formula is C22H23NO5. The molecule has 0 saturated carbocycles. The molecule has 0 aliphatic rings. The smallest absolute Gasteiger partial charge is 0.375 e. The molecule has 1 N–H and O–H groups in total. The summed E-state index contributed by atoms with van der Waals surface area (Å²) in [5, 5.41) is 3.60. The fraction of sp³-hybridized carbons (Fsp3) is 0.273. The van der Waals surface area contributed by atoms with E-state index >= 15 is 0 Å². The van der Waals surface area contributed by atoms with Crippen molar-refractivity contribution in [2.45, 2.75) is 27.2 Å². The summed E-state index contributed by atoms with van der Waals surface area (Å²) in [5.74, 6) is -0.321. The molecule has 2 aromatic carbocycles. The van der Waals surface area contributed by atoms with Gasteiger partial charge in [0.25, 0.3) is 5.91 Å². The first-order chi connectivity index (χ1) is 13.4. The molecule has 0 spiro atoms. The predicted molar refractivity (Wildman–Crippen MR) is 107 cm³/mol. The molecule has 6 heteroatoms. The number of carbonyl (C=O) groups excluding carboxylic acids is 2. The summed E-state index contributed by atoms with van der Waals surface area (Å²) >= 11 is 0. The average molecular weight is 381 g/mol. The van der Waals surface area contributed by atoms with Gasteiger partial charge in [-0.1, -0.05) is 25.1 Å². The second-order valence-corrected chi connectivity index (χ2v) is 6.51. The largest absolute Gasteiger partial charge is 0.497 e. The molecule has 0 aliphatic heterocycles. The summed E-state index contributed by atoms with van der Waals surface area (Å²) in [6, 6.07) is 11.1. The van der Waals surface area contributed by atoms with Crippen LogP contribution in [0.1, 0.15) is 34.2 Å². The van der Waals surface area contributed by atoms with Crippen LogP contribution in [0.2, 0.25) is 0 Å². The van der Waals surface area contributed by atoms with Crippen LogP contribution in [0.15, 0.2) is 40.8 Å². The molecule has 0 radical (unpaired) electrons. The summed E-state index contributed by atoms with van der Waals surface area (Å²) in [7, 11) is 1.57. The lowest BCUT2D eigenvalue weighted by atomic mass is 10.1. The van der Waals surface area contributed by atoms with Gasteiger partial charge in [0.2, 0.25) is 5.76 Å². The number of esters is 1. The third-order valence-corrected chi connectivity index (χ3v) is 4.67. The molecule has 0 bridgehead atoms. The standard InChI is InChI=1S/C22H23NO5/c1-5-15-8-6-7-13(2)20(15)23-19(24)12-27-22(25)21-14(3)17-11-16(26-4)9-10-18(17)28-21/h6-11H,5,12H2,1-4H3,(H,23,24). The number of hydrogen-bond acceptors (Lipinski definition) is 5. The van der Waals surface area contributed by atoms with Crippen molar-refractivity contribution in [1.82, 2.24) is 0 Å². The Kier molecular flexibility index (Phi) is 5.68. The molecule has 1 heterocycles. The summed E-state index contributed by atoms with van der Waals surface area (Å²) < 4.78 is 16.0. The van der Waals surface area contributed by atoms with Crippen molar-refractivity contribution >= 4 is 28.5 Å². The first-order valence-electron chi connectivity index (χ1n) is 9.07. The van der Waals surface area contributed by atoms with E-state index in [0.29, 0.717) is 16.9 Å². The fourth-order valence-electron chi connectivity index (χ4n) is 3.10. The Labute approximate surface area is 163 Å². The first kappa shape index (κ1) is 19.5. The maximum atomic E-state index is 12.4. The van der Waals surface area contributed by atoms with Crippen molar-refractivity contribution in [2.75, 3.05) is 19.0 Å². The molecule has 3 aromatic rings. The monoisotopic (exact) mass is 381 g/mol. The van der Waals surface area contributed by atoms with Gasteiger partial charge >= 0.3 is 5.97 Å². The molecule has 146 valence electrons. The number of amides is 1. The minimum Gasteiger partial charge on any atom is -0.497 e. The number of hydrogen-bond donors (Lipinski definition) is 1. The molecule has 6 nitrogen and oxygen atoms in total. The Balaban J connectivity index is 1.70. The molecule has 0 unspecified atom stereocenters. The highest BCUT2D eigenvalue weighted by atomic mass is 16.5. The van der Waals surface area contributed by atoms with Crippen LogP contribution in [0, 0.1) is 13.8 Å². The number of fused-ring (bicyclic) bond motifs is 1. The van der Waals surface area contributed by atoms with Gasteiger partial charge in [0.1, 0.15) is 11.3 Å². The summed E-state index contributed by atoms with van der Waals surface area (Å²) in [4.78, 5) is 24.7. The van der Waals surface area contributed by atoms with Gasteiger partial charge in [0, 0.05) is 16.6 Å². The molecule has 0 saturated heterocycles. The van der Waals surface area contributed by atoms with Crippen molar-refractivity contribution in [2.24, 2.45) is 0 Å². The van der Waals surface area contributed by atoms with E-state index in [-0.39, 0.29) is 5.76 Å². The van der Waals surface area contributed by atoms with Crippen molar-refractivity contribution < 1.29 is 23.5 Å². The van der Waals surface area contributed by atoms with E-state index in [1.807, 2.05) is 32.0 Å². The van der Waals surface area contributed by atoms with Gasteiger partial charge in [0.05, 0.1) is 7.11 Å². The first-order valence-corrected chi connectivity index (χ1v) is 9.07. The van der Waals surface area contributed by atoms with Gasteiger partial charge in [-0.2, -0.15) is 0 Å². The molecule has 0 atom stereocenters. The molecular weight excluding hydrogens is 358 g/mol. The van der Waals surface area contributed by atoms with Crippen molar-refractivity contribution in [3.63, 3.8) is 0 Å². The summed E-state index contributed by atoms with van der Waals surface area (Å²) in [5.41, 5.74) is 3.95. The normalized spacial score (nSPS) is 10.7. The van der Waals surface area contributed by atoms with Crippen LogP contribution < -0.4 is 10.1 Å². The minimum atomic E-state index is -0.677. The van der Waals surface area contributed by atoms with Gasteiger partial charge in [-0.15, -0.1) is 0 Å². The molecule has 1 aromatic heterocycles. The highest BCUT2D eigenvalue weighted by Gasteiger charge is 2.20. The van der Waals surface area contributed by atoms with E-state index in [1.54, 1.807) is 32.2 Å². The van der Waals surface area contributed by atoms with E-state index in [9.17, 15) is 9.59 Å². The number of aryl methyl sites for hydroxylation is 3. The number of rotatable bonds is 6. The van der Waals surface area contributed by atoms with Crippen LogP contribution in [-0.4, -0.2) is 25.6 Å². The van der Waals surface area contributed by atoms with E-state index in [2.05, 4.69) is 5.32 Å². The maximum Gasteiger partial charge on any atom is 0.375 e. The number of furan rings is 1. The molecule has 3 rings (SSSR count). The Bertz CT molecular complexity index is 1030. The Morgan fingerprint density at radius 2 is 1.93 bits per heavy atom. The van der Waals surface area contributed by atoms with Crippen molar-refractivity contribution in [3.8, 4) is 5.75 Å². The maximum absolute atomic E-state index is 12.4. The van der Waals surface area contributed by atoms with E-state index in [1.165, 1.54) is 0 Å². The topological polar surface area (TPSA) is 77.8 Å². The average Bonchev–Trinajstić information content (AvgIpc) is 3.03. The third-order valence-electron chi connectivity index (χ3n) is 4.67. The zero-order valence-corrected chi connectivity index (χ0v) is 16.4. The van der Waals surface area contributed by atoms with Gasteiger partial charge in [0.15, 0.2) is 6.61 Å². The lowest BCUT2D eigenvalue weighted by molar-refractivity contribution is -0.119. The highest BCUT2D eigenvalue weighted by molar-refractivity contribution is 5.99. The fourth-order valence-corrected chi connectivity index (χ4v) is 3.10. The van der Waals surface area contributed by atoms with E-state index in [0.717, 1.165) is 28.6 Å². The van der Waals surface area contributed by atoms with Crippen LogP contribution in [0.4, 0.5) is 5.69 Å². The summed E-state index contributed by atoms with van der Waals surface area (Å²) in [6.45, 7) is 5.32. The molecule has 1 amide bonds. The SMILES string of the molecule is CCc1cccc(C)c1NC(=O)COC(=O)c1oc2ccc(OC)cc2c1C. The Morgan fingerprint density at radius 1 is 1.14 bits per heavy atom. The number of anilines is 1. The quantitative estimate of drug-likeness (QED) is 0.640. The van der Waals surface area contributed by atoms with Crippen molar-refractivity contribution in [1.29, 1.82) is 0 Å². The molecule has 0 fully saturated rings. The van der Waals surface area contributed by atoms with Crippen molar-refractivity contribution in [3.05, 3.63) is 58.8 Å². The zero-order valence-electron chi connectivity index (χ0n) is 16.4. The Hall–Kier alpha value is -3.28. The van der Waals surface area contributed by atoms with Gasteiger partial charge in [-0.25, -0.2) is 4.79 Å². The minimum absolute atomic E-state index is 0.0844. The van der Waals surface area contributed by atoms with E-state index < -0.39 is 18.5 Å². The second-order valence-electron chi connectivity index (χ2n) is 6.51. The summed E-state index contributed by atoms with van der Waals surface area (Å²) in [6.07, 6.45) is 0.790. The van der Waals surface area contributed by atoms with Gasteiger partial charge in [-0.05, 0) is 49.6 Å². The van der Waals surface area contributed by atoms with E-state index in [4.69, 9.17) is 13.9 Å². The zero-order chi connectivity index (χ0) is 20.3. The predicted octanol–water partition coefficient (Wildman–Crippen LogP) is 4.42. The number of nitrogens with one attached hydrogen (secondary N) is 1. The second kappa shape index (κ2) is 8.17.